The van der Waals surface area contributed by atoms with Gasteiger partial charge in [-0.2, -0.15) is 13.2 Å². The van der Waals surface area contributed by atoms with Crippen molar-refractivity contribution >= 4 is 18.5 Å². The second-order valence-corrected chi connectivity index (χ2v) is 3.74. The van der Waals surface area contributed by atoms with Gasteiger partial charge in [0.05, 0.1) is 18.2 Å². The van der Waals surface area contributed by atoms with Crippen LogP contribution in [0.15, 0.2) is 24.3 Å². The number of hydrogen-bond donors (Lipinski definition) is 1. The van der Waals surface area contributed by atoms with Gasteiger partial charge in [0.2, 0.25) is 0 Å². The summed E-state index contributed by atoms with van der Waals surface area (Å²) in [7, 11) is 0. The standard InChI is InChI=1S/C11H10F3NO2.ClH/c12-11(13,14)8-3-1-2-7(6-8)9-4-5-17-10(16)15-9;/h1-3,6,9H,4-5H2,(H,15,16);1H/t9-;/m0./s1. The molecule has 1 aromatic rings. The van der Waals surface area contributed by atoms with Gasteiger partial charge in [-0.1, -0.05) is 12.1 Å². The predicted octanol–water partition coefficient (Wildman–Crippen LogP) is 3.30. The number of rotatable bonds is 1. The number of hydrogen-bond acceptors (Lipinski definition) is 2. The van der Waals surface area contributed by atoms with Gasteiger partial charge >= 0.3 is 12.3 Å². The van der Waals surface area contributed by atoms with Crippen molar-refractivity contribution in [1.82, 2.24) is 5.32 Å². The van der Waals surface area contributed by atoms with Crippen LogP contribution in [0.4, 0.5) is 18.0 Å². The fourth-order valence-electron chi connectivity index (χ4n) is 1.71. The quantitative estimate of drug-likeness (QED) is 0.858. The molecule has 3 nitrogen and oxygen atoms in total. The van der Waals surface area contributed by atoms with Crippen molar-refractivity contribution in [2.45, 2.75) is 18.6 Å². The highest BCUT2D eigenvalue weighted by atomic mass is 35.5. The molecule has 1 amide bonds. The molecule has 1 aliphatic rings. The van der Waals surface area contributed by atoms with E-state index in [1.807, 2.05) is 0 Å². The Labute approximate surface area is 108 Å². The Morgan fingerprint density at radius 2 is 2.06 bits per heavy atom. The van der Waals surface area contributed by atoms with E-state index in [0.29, 0.717) is 12.0 Å². The molecule has 100 valence electrons. The number of carbonyl (C=O) groups excluding carboxylic acids is 1. The first-order valence-electron chi connectivity index (χ1n) is 5.07. The minimum Gasteiger partial charge on any atom is -0.449 e. The molecule has 0 spiro atoms. The van der Waals surface area contributed by atoms with Crippen molar-refractivity contribution in [3.63, 3.8) is 0 Å². The lowest BCUT2D eigenvalue weighted by molar-refractivity contribution is -0.137. The molecule has 0 bridgehead atoms. The third-order valence-electron chi connectivity index (χ3n) is 2.55. The van der Waals surface area contributed by atoms with Crippen LogP contribution >= 0.6 is 12.4 Å². The zero-order chi connectivity index (χ0) is 12.5. The summed E-state index contributed by atoms with van der Waals surface area (Å²) < 4.78 is 42.2. The molecule has 18 heavy (non-hydrogen) atoms. The number of cyclic esters (lactones) is 1. The maximum Gasteiger partial charge on any atom is 0.416 e. The van der Waals surface area contributed by atoms with Crippen LogP contribution in [-0.2, 0) is 10.9 Å². The molecule has 1 N–H and O–H groups in total. The van der Waals surface area contributed by atoms with Crippen LogP contribution < -0.4 is 5.32 Å². The van der Waals surface area contributed by atoms with Gasteiger partial charge in [-0.15, -0.1) is 12.4 Å². The third kappa shape index (κ3) is 3.29. The Bertz CT molecular complexity index is 437. The molecule has 2 rings (SSSR count). The number of halogens is 4. The Morgan fingerprint density at radius 1 is 1.33 bits per heavy atom. The van der Waals surface area contributed by atoms with Gasteiger partial charge in [0.25, 0.3) is 0 Å². The van der Waals surface area contributed by atoms with E-state index >= 15 is 0 Å². The number of nitrogens with one attached hydrogen (secondary N) is 1. The molecule has 7 heteroatoms. The van der Waals surface area contributed by atoms with Crippen molar-refractivity contribution in [2.24, 2.45) is 0 Å². The summed E-state index contributed by atoms with van der Waals surface area (Å²) in [6.07, 6.45) is -4.50. The van der Waals surface area contributed by atoms with E-state index in [2.05, 4.69) is 10.1 Å². The van der Waals surface area contributed by atoms with E-state index in [4.69, 9.17) is 0 Å². The summed E-state index contributed by atoms with van der Waals surface area (Å²) in [6.45, 7) is 0.215. The fourth-order valence-corrected chi connectivity index (χ4v) is 1.71. The number of amides is 1. The number of alkyl carbamates (subject to hydrolysis) is 1. The summed E-state index contributed by atoms with van der Waals surface area (Å²) in [4.78, 5) is 11.0. The molecular weight excluding hydrogens is 271 g/mol. The molecule has 0 saturated carbocycles. The minimum absolute atomic E-state index is 0. The lowest BCUT2D eigenvalue weighted by Gasteiger charge is -2.24. The van der Waals surface area contributed by atoms with E-state index in [1.54, 1.807) is 6.07 Å². The molecule has 1 atom stereocenters. The zero-order valence-electron chi connectivity index (χ0n) is 9.16. The maximum atomic E-state index is 12.5. The Hall–Kier alpha value is -1.43. The lowest BCUT2D eigenvalue weighted by atomic mass is 10.0. The van der Waals surface area contributed by atoms with E-state index in [0.717, 1.165) is 12.1 Å². The fraction of sp³-hybridized carbons (Fsp3) is 0.364. The number of carbonyl (C=O) groups is 1. The van der Waals surface area contributed by atoms with Gasteiger partial charge in [-0.3, -0.25) is 0 Å². The van der Waals surface area contributed by atoms with E-state index < -0.39 is 23.9 Å². The van der Waals surface area contributed by atoms with Crippen molar-refractivity contribution in [3.05, 3.63) is 35.4 Å². The zero-order valence-corrected chi connectivity index (χ0v) is 9.98. The molecular formula is C11H11ClF3NO2. The SMILES string of the molecule is Cl.O=C1N[C@H](c2cccc(C(F)(F)F)c2)CCO1. The van der Waals surface area contributed by atoms with E-state index in [-0.39, 0.29) is 19.0 Å². The topological polar surface area (TPSA) is 38.3 Å². The van der Waals surface area contributed by atoms with Crippen LogP contribution in [0.3, 0.4) is 0 Å². The van der Waals surface area contributed by atoms with Gasteiger partial charge in [0.1, 0.15) is 0 Å². The summed E-state index contributed by atoms with van der Waals surface area (Å²) in [5, 5.41) is 2.48. The van der Waals surface area contributed by atoms with Gasteiger partial charge < -0.3 is 10.1 Å². The molecule has 1 aromatic carbocycles. The average molecular weight is 282 g/mol. The highest BCUT2D eigenvalue weighted by Gasteiger charge is 2.31. The molecule has 0 unspecified atom stereocenters. The molecule has 0 aromatic heterocycles. The van der Waals surface area contributed by atoms with Crippen molar-refractivity contribution in [3.8, 4) is 0 Å². The Morgan fingerprint density at radius 3 is 2.67 bits per heavy atom. The second kappa shape index (κ2) is 5.48. The smallest absolute Gasteiger partial charge is 0.416 e. The minimum atomic E-state index is -4.37. The first kappa shape index (κ1) is 14.6. The Kier molecular flexibility index (Phi) is 4.45. The van der Waals surface area contributed by atoms with Gasteiger partial charge in [-0.05, 0) is 17.7 Å². The highest BCUT2D eigenvalue weighted by molar-refractivity contribution is 5.85. The van der Waals surface area contributed by atoms with Crippen molar-refractivity contribution in [1.29, 1.82) is 0 Å². The summed E-state index contributed by atoms with van der Waals surface area (Å²) >= 11 is 0. The maximum absolute atomic E-state index is 12.5. The lowest BCUT2D eigenvalue weighted by Crippen LogP contribution is -2.35. The highest BCUT2D eigenvalue weighted by Crippen LogP contribution is 2.31. The van der Waals surface area contributed by atoms with E-state index in [9.17, 15) is 18.0 Å². The molecule has 1 fully saturated rings. The van der Waals surface area contributed by atoms with Gasteiger partial charge in [0, 0.05) is 6.42 Å². The number of alkyl halides is 3. The van der Waals surface area contributed by atoms with Crippen LogP contribution in [0, 0.1) is 0 Å². The first-order valence-corrected chi connectivity index (χ1v) is 5.07. The summed E-state index contributed by atoms with van der Waals surface area (Å²) in [5.74, 6) is 0. The van der Waals surface area contributed by atoms with Crippen LogP contribution in [0.2, 0.25) is 0 Å². The monoisotopic (exact) mass is 281 g/mol. The van der Waals surface area contributed by atoms with Crippen LogP contribution in [0.25, 0.3) is 0 Å². The van der Waals surface area contributed by atoms with Gasteiger partial charge in [-0.25, -0.2) is 4.79 Å². The summed E-state index contributed by atoms with van der Waals surface area (Å²) in [5.41, 5.74) is -0.271. The third-order valence-corrected chi connectivity index (χ3v) is 2.55. The van der Waals surface area contributed by atoms with Gasteiger partial charge in [0.15, 0.2) is 0 Å². The first-order chi connectivity index (χ1) is 7.97. The normalized spacial score (nSPS) is 19.5. The second-order valence-electron chi connectivity index (χ2n) is 3.74. The molecule has 0 aliphatic carbocycles. The largest absolute Gasteiger partial charge is 0.449 e. The van der Waals surface area contributed by atoms with Crippen LogP contribution in [0.5, 0.6) is 0 Å². The van der Waals surface area contributed by atoms with Crippen LogP contribution in [-0.4, -0.2) is 12.7 Å². The van der Waals surface area contributed by atoms with Crippen LogP contribution in [0.1, 0.15) is 23.6 Å². The number of ether oxygens (including phenoxy) is 1. The Balaban J connectivity index is 0.00000162. The molecule has 0 radical (unpaired) electrons. The number of benzene rings is 1. The van der Waals surface area contributed by atoms with Crippen molar-refractivity contribution < 1.29 is 22.7 Å². The average Bonchev–Trinajstić information content (AvgIpc) is 2.28. The van der Waals surface area contributed by atoms with E-state index in [1.165, 1.54) is 6.07 Å². The molecule has 1 heterocycles. The molecule has 1 aliphatic heterocycles. The van der Waals surface area contributed by atoms with Crippen molar-refractivity contribution in [2.75, 3.05) is 6.61 Å². The molecule has 1 saturated heterocycles. The summed E-state index contributed by atoms with van der Waals surface area (Å²) in [6, 6.07) is 4.53. The predicted molar refractivity (Wildman–Crippen MR) is 60.5 cm³/mol.